The van der Waals surface area contributed by atoms with E-state index in [9.17, 15) is 23.1 Å². The van der Waals surface area contributed by atoms with E-state index in [1.807, 2.05) is 19.2 Å². The molecule has 3 aromatic rings. The predicted molar refractivity (Wildman–Crippen MR) is 132 cm³/mol. The van der Waals surface area contributed by atoms with Crippen molar-refractivity contribution in [2.75, 3.05) is 13.1 Å². The van der Waals surface area contributed by atoms with Gasteiger partial charge in [-0.3, -0.25) is 9.69 Å². The smallest absolute Gasteiger partial charge is 0.416 e. The topological polar surface area (TPSA) is 45.5 Å². The van der Waals surface area contributed by atoms with E-state index in [1.54, 1.807) is 24.6 Å². The molecule has 0 spiro atoms. The van der Waals surface area contributed by atoms with Crippen LogP contribution in [-0.4, -0.2) is 33.6 Å². The SMILES string of the molecule is Cc1cc(C(F)(F)F)cc2c1c(Cc1c(Cl)ccc(CN3CC[C@H](C(=O)O)[C@H](C)C3)c1Cl)cn2C. The first-order chi connectivity index (χ1) is 16.4. The Kier molecular flexibility index (Phi) is 7.15. The van der Waals surface area contributed by atoms with Gasteiger partial charge in [0.15, 0.2) is 0 Å². The fourth-order valence-electron chi connectivity index (χ4n) is 5.23. The Hall–Kier alpha value is -2.22. The number of aryl methyl sites for hydroxylation is 2. The Bertz CT molecular complexity index is 1290. The molecule has 188 valence electrons. The molecule has 2 aromatic carbocycles. The van der Waals surface area contributed by atoms with Gasteiger partial charge in [0.05, 0.1) is 16.5 Å². The second-order valence-corrected chi connectivity index (χ2v) is 10.4. The van der Waals surface area contributed by atoms with E-state index < -0.39 is 17.7 Å². The lowest BCUT2D eigenvalue weighted by molar-refractivity contribution is -0.145. The standard InChI is InChI=1S/C26H27Cl2F3N2O2/c1-14-8-18(26(29,30)31)10-22-23(14)17(12-32(22)3)9-20-21(27)5-4-16(24(20)28)13-33-7-6-19(25(34)35)15(2)11-33/h4-5,8,10,12,15,19H,6-7,9,11,13H2,1-3H3,(H,34,35)/t15-,19+/m1/s1. The van der Waals surface area contributed by atoms with E-state index in [1.165, 1.54) is 12.1 Å². The van der Waals surface area contributed by atoms with Crippen LogP contribution in [-0.2, 0) is 31.0 Å². The lowest BCUT2D eigenvalue weighted by Gasteiger charge is -2.35. The molecule has 2 heterocycles. The highest BCUT2D eigenvalue weighted by Gasteiger charge is 2.33. The summed E-state index contributed by atoms with van der Waals surface area (Å²) in [7, 11) is 1.73. The van der Waals surface area contributed by atoms with E-state index in [-0.39, 0.29) is 11.8 Å². The third-order valence-electron chi connectivity index (χ3n) is 7.03. The molecular weight excluding hydrogens is 500 g/mol. The normalized spacial score (nSPS) is 19.4. The maximum absolute atomic E-state index is 13.3. The zero-order valence-corrected chi connectivity index (χ0v) is 21.2. The molecule has 1 aromatic heterocycles. The third kappa shape index (κ3) is 5.18. The minimum absolute atomic E-state index is 0.0343. The van der Waals surface area contributed by atoms with E-state index in [4.69, 9.17) is 23.2 Å². The molecule has 1 saturated heterocycles. The van der Waals surface area contributed by atoms with Crippen LogP contribution < -0.4 is 0 Å². The molecule has 1 aliphatic heterocycles. The minimum atomic E-state index is -4.42. The Balaban J connectivity index is 1.64. The van der Waals surface area contributed by atoms with E-state index in [0.717, 1.165) is 22.1 Å². The molecule has 0 unspecified atom stereocenters. The Morgan fingerprint density at radius 2 is 1.91 bits per heavy atom. The van der Waals surface area contributed by atoms with Gasteiger partial charge in [-0.25, -0.2) is 0 Å². The van der Waals surface area contributed by atoms with Gasteiger partial charge in [0.1, 0.15) is 0 Å². The Morgan fingerprint density at radius 3 is 2.54 bits per heavy atom. The number of hydrogen-bond donors (Lipinski definition) is 1. The number of carboxylic acid groups (broad SMARTS) is 1. The molecule has 0 bridgehead atoms. The summed E-state index contributed by atoms with van der Waals surface area (Å²) in [5, 5.41) is 11.2. The van der Waals surface area contributed by atoms with Gasteiger partial charge in [-0.15, -0.1) is 0 Å². The zero-order valence-electron chi connectivity index (χ0n) is 19.7. The van der Waals surface area contributed by atoms with Crippen LogP contribution in [0.1, 0.15) is 41.2 Å². The van der Waals surface area contributed by atoms with E-state index >= 15 is 0 Å². The molecule has 1 fully saturated rings. The molecule has 4 nitrogen and oxygen atoms in total. The van der Waals surface area contributed by atoms with Crippen LogP contribution >= 0.6 is 23.2 Å². The number of carbonyl (C=O) groups is 1. The largest absolute Gasteiger partial charge is 0.481 e. The highest BCUT2D eigenvalue weighted by Crippen LogP contribution is 2.38. The first-order valence-corrected chi connectivity index (χ1v) is 12.2. The molecular formula is C26H27Cl2F3N2O2. The van der Waals surface area contributed by atoms with Gasteiger partial charge in [0, 0.05) is 48.7 Å². The highest BCUT2D eigenvalue weighted by atomic mass is 35.5. The maximum Gasteiger partial charge on any atom is 0.416 e. The van der Waals surface area contributed by atoms with Gasteiger partial charge in [0.2, 0.25) is 0 Å². The van der Waals surface area contributed by atoms with Gasteiger partial charge >= 0.3 is 12.1 Å². The number of aliphatic carboxylic acids is 1. The van der Waals surface area contributed by atoms with Crippen molar-refractivity contribution in [3.8, 4) is 0 Å². The number of likely N-dealkylation sites (tertiary alicyclic amines) is 1. The molecule has 1 aliphatic rings. The summed E-state index contributed by atoms with van der Waals surface area (Å²) >= 11 is 13.4. The van der Waals surface area contributed by atoms with Gasteiger partial charge in [-0.1, -0.05) is 36.2 Å². The minimum Gasteiger partial charge on any atom is -0.481 e. The molecule has 0 aliphatic carbocycles. The summed E-state index contributed by atoms with van der Waals surface area (Å²) in [5.74, 6) is -1.06. The van der Waals surface area contributed by atoms with Crippen LogP contribution in [0.15, 0.2) is 30.5 Å². The molecule has 0 amide bonds. The van der Waals surface area contributed by atoms with Crippen LogP contribution in [0.5, 0.6) is 0 Å². The summed E-state index contributed by atoms with van der Waals surface area (Å²) in [5.41, 5.74) is 2.85. The van der Waals surface area contributed by atoms with Crippen molar-refractivity contribution in [1.29, 1.82) is 0 Å². The summed E-state index contributed by atoms with van der Waals surface area (Å²) in [4.78, 5) is 13.6. The average Bonchev–Trinajstić information content (AvgIpc) is 3.08. The van der Waals surface area contributed by atoms with E-state index in [2.05, 4.69) is 4.90 Å². The quantitative estimate of drug-likeness (QED) is 0.391. The molecule has 0 saturated carbocycles. The van der Waals surface area contributed by atoms with Crippen LogP contribution in [0.4, 0.5) is 13.2 Å². The number of nitrogens with zero attached hydrogens (tertiary/aromatic N) is 2. The second kappa shape index (κ2) is 9.68. The highest BCUT2D eigenvalue weighted by molar-refractivity contribution is 6.36. The zero-order chi connectivity index (χ0) is 25.7. The van der Waals surface area contributed by atoms with Crippen molar-refractivity contribution in [1.82, 2.24) is 9.47 Å². The van der Waals surface area contributed by atoms with Crippen molar-refractivity contribution in [3.05, 3.63) is 68.3 Å². The summed E-state index contributed by atoms with van der Waals surface area (Å²) in [6.07, 6.45) is -1.62. The fourth-order valence-corrected chi connectivity index (χ4v) is 5.80. The second-order valence-electron chi connectivity index (χ2n) is 9.57. The number of rotatable bonds is 5. The number of carboxylic acids is 1. The van der Waals surface area contributed by atoms with Crippen LogP contribution in [0.2, 0.25) is 10.0 Å². The number of hydrogen-bond acceptors (Lipinski definition) is 2. The summed E-state index contributed by atoms with van der Waals surface area (Å²) in [6.45, 7) is 5.54. The van der Waals surface area contributed by atoms with Gasteiger partial charge in [-0.05, 0) is 66.3 Å². The fraction of sp³-hybridized carbons (Fsp3) is 0.423. The Labute approximate surface area is 212 Å². The first kappa shape index (κ1) is 25.9. The number of piperidine rings is 1. The van der Waals surface area contributed by atoms with Crippen LogP contribution in [0.3, 0.4) is 0 Å². The third-order valence-corrected chi connectivity index (χ3v) is 7.85. The van der Waals surface area contributed by atoms with Crippen molar-refractivity contribution in [2.45, 2.75) is 39.4 Å². The van der Waals surface area contributed by atoms with Crippen LogP contribution in [0, 0.1) is 18.8 Å². The lowest BCUT2D eigenvalue weighted by atomic mass is 9.87. The first-order valence-electron chi connectivity index (χ1n) is 11.4. The number of benzene rings is 2. The average molecular weight is 527 g/mol. The van der Waals surface area contributed by atoms with Crippen molar-refractivity contribution in [3.63, 3.8) is 0 Å². The van der Waals surface area contributed by atoms with E-state index in [0.29, 0.717) is 53.6 Å². The molecule has 1 N–H and O–H groups in total. The van der Waals surface area contributed by atoms with Crippen LogP contribution in [0.25, 0.3) is 10.9 Å². The number of fused-ring (bicyclic) bond motifs is 1. The van der Waals surface area contributed by atoms with Crippen molar-refractivity contribution in [2.24, 2.45) is 18.9 Å². The number of alkyl halides is 3. The molecule has 9 heteroatoms. The maximum atomic E-state index is 13.3. The molecule has 2 atom stereocenters. The predicted octanol–water partition coefficient (Wildman–Crippen LogP) is 6.95. The molecule has 35 heavy (non-hydrogen) atoms. The monoisotopic (exact) mass is 526 g/mol. The van der Waals surface area contributed by atoms with Gasteiger partial charge < -0.3 is 9.67 Å². The van der Waals surface area contributed by atoms with Gasteiger partial charge in [-0.2, -0.15) is 13.2 Å². The number of aromatic nitrogens is 1. The van der Waals surface area contributed by atoms with Crippen molar-refractivity contribution >= 4 is 40.1 Å². The summed E-state index contributed by atoms with van der Waals surface area (Å²) < 4.78 is 41.7. The number of halogens is 5. The Morgan fingerprint density at radius 1 is 1.20 bits per heavy atom. The lowest BCUT2D eigenvalue weighted by Crippen LogP contribution is -2.41. The summed E-state index contributed by atoms with van der Waals surface area (Å²) in [6, 6.07) is 6.03. The molecule has 0 radical (unpaired) electrons. The van der Waals surface area contributed by atoms with Gasteiger partial charge in [0.25, 0.3) is 0 Å². The molecule has 4 rings (SSSR count). The van der Waals surface area contributed by atoms with Crippen molar-refractivity contribution < 1.29 is 23.1 Å².